The van der Waals surface area contributed by atoms with Gasteiger partial charge in [0.25, 0.3) is 0 Å². The molecule has 16 heavy (non-hydrogen) atoms. The van der Waals surface area contributed by atoms with Gasteiger partial charge in [-0.25, -0.2) is 4.79 Å². The second kappa shape index (κ2) is 6.35. The minimum Gasteiger partial charge on any atom is -0.391 e. The molecular weight excluding hydrogens is 228 g/mol. The Morgan fingerprint density at radius 3 is 2.62 bits per heavy atom. The van der Waals surface area contributed by atoms with Gasteiger partial charge in [-0.1, -0.05) is 18.5 Å². The number of aliphatic hydroxyl groups excluding tert-OH is 1. The molecule has 1 atom stereocenters. The fourth-order valence-electron chi connectivity index (χ4n) is 1.06. The topological polar surface area (TPSA) is 61.4 Å². The Balaban J connectivity index is 2.37. The smallest absolute Gasteiger partial charge is 0.319 e. The van der Waals surface area contributed by atoms with Gasteiger partial charge >= 0.3 is 6.03 Å². The first kappa shape index (κ1) is 12.8. The van der Waals surface area contributed by atoms with Crippen molar-refractivity contribution in [2.45, 2.75) is 19.4 Å². The van der Waals surface area contributed by atoms with E-state index in [0.29, 0.717) is 17.1 Å². The molecule has 0 aliphatic rings. The van der Waals surface area contributed by atoms with Crippen molar-refractivity contribution in [1.82, 2.24) is 5.32 Å². The number of hydrogen-bond acceptors (Lipinski definition) is 2. The maximum Gasteiger partial charge on any atom is 0.319 e. The number of urea groups is 1. The van der Waals surface area contributed by atoms with Crippen LogP contribution in [0.3, 0.4) is 0 Å². The maximum absolute atomic E-state index is 11.4. The number of anilines is 1. The lowest BCUT2D eigenvalue weighted by molar-refractivity contribution is 0.168. The van der Waals surface area contributed by atoms with Crippen molar-refractivity contribution in [2.75, 3.05) is 11.9 Å². The minimum atomic E-state index is -0.504. The number of halogens is 1. The number of aliphatic hydroxyl groups is 1. The Bertz CT molecular complexity index is 340. The predicted octanol–water partition coefficient (Wildman–Crippen LogP) is 2.23. The van der Waals surface area contributed by atoms with Gasteiger partial charge in [0.05, 0.1) is 6.10 Å². The third-order valence-electron chi connectivity index (χ3n) is 2.07. The Hall–Kier alpha value is -1.26. The normalized spacial score (nSPS) is 11.9. The lowest BCUT2D eigenvalue weighted by Crippen LogP contribution is -2.34. The van der Waals surface area contributed by atoms with E-state index in [1.807, 2.05) is 6.92 Å². The van der Waals surface area contributed by atoms with Gasteiger partial charge in [-0.3, -0.25) is 0 Å². The first-order chi connectivity index (χ1) is 7.61. The van der Waals surface area contributed by atoms with E-state index in [1.165, 1.54) is 0 Å². The summed E-state index contributed by atoms with van der Waals surface area (Å²) in [4.78, 5) is 11.4. The van der Waals surface area contributed by atoms with Gasteiger partial charge in [0, 0.05) is 17.3 Å². The van der Waals surface area contributed by atoms with Crippen LogP contribution >= 0.6 is 11.6 Å². The summed E-state index contributed by atoms with van der Waals surface area (Å²) in [6, 6.07) is 6.46. The Morgan fingerprint density at radius 2 is 2.06 bits per heavy atom. The van der Waals surface area contributed by atoms with Crippen LogP contribution in [0, 0.1) is 0 Å². The molecule has 0 fully saturated rings. The highest BCUT2D eigenvalue weighted by Crippen LogP contribution is 2.12. The number of carbonyl (C=O) groups excluding carboxylic acids is 1. The van der Waals surface area contributed by atoms with E-state index in [9.17, 15) is 9.90 Å². The molecular formula is C11H15ClN2O2. The van der Waals surface area contributed by atoms with Gasteiger partial charge in [-0.05, 0) is 30.7 Å². The van der Waals surface area contributed by atoms with Crippen molar-refractivity contribution in [1.29, 1.82) is 0 Å². The van der Waals surface area contributed by atoms with Crippen molar-refractivity contribution >= 4 is 23.3 Å². The second-order valence-corrected chi connectivity index (χ2v) is 3.84. The van der Waals surface area contributed by atoms with E-state index in [-0.39, 0.29) is 12.6 Å². The molecule has 1 unspecified atom stereocenters. The predicted molar refractivity (Wildman–Crippen MR) is 64.8 cm³/mol. The van der Waals surface area contributed by atoms with Crippen LogP contribution in [-0.4, -0.2) is 23.8 Å². The van der Waals surface area contributed by atoms with E-state index in [0.717, 1.165) is 0 Å². The van der Waals surface area contributed by atoms with Crippen LogP contribution in [0.25, 0.3) is 0 Å². The van der Waals surface area contributed by atoms with Crippen molar-refractivity contribution < 1.29 is 9.90 Å². The van der Waals surface area contributed by atoms with Gasteiger partial charge < -0.3 is 15.7 Å². The summed E-state index contributed by atoms with van der Waals surface area (Å²) in [6.45, 7) is 2.10. The summed E-state index contributed by atoms with van der Waals surface area (Å²) in [5.41, 5.74) is 0.660. The number of nitrogens with one attached hydrogen (secondary N) is 2. The van der Waals surface area contributed by atoms with Crippen molar-refractivity contribution in [3.8, 4) is 0 Å². The van der Waals surface area contributed by atoms with Gasteiger partial charge in [0.15, 0.2) is 0 Å². The fraction of sp³-hybridized carbons (Fsp3) is 0.364. The summed E-state index contributed by atoms with van der Waals surface area (Å²) in [7, 11) is 0. The molecule has 2 amide bonds. The summed E-state index contributed by atoms with van der Waals surface area (Å²) < 4.78 is 0. The van der Waals surface area contributed by atoms with Crippen molar-refractivity contribution in [2.24, 2.45) is 0 Å². The molecule has 1 aromatic carbocycles. The van der Waals surface area contributed by atoms with Gasteiger partial charge in [-0.2, -0.15) is 0 Å². The Labute approximate surface area is 99.6 Å². The van der Waals surface area contributed by atoms with Crippen LogP contribution in [0.1, 0.15) is 13.3 Å². The number of carbonyl (C=O) groups is 1. The molecule has 88 valence electrons. The lowest BCUT2D eigenvalue weighted by atomic mass is 10.3. The SMILES string of the molecule is CCC(O)CNC(=O)Nc1ccc(Cl)cc1. The van der Waals surface area contributed by atoms with E-state index in [4.69, 9.17) is 11.6 Å². The average Bonchev–Trinajstić information content (AvgIpc) is 2.29. The van der Waals surface area contributed by atoms with E-state index >= 15 is 0 Å². The Morgan fingerprint density at radius 1 is 1.44 bits per heavy atom. The Kier molecular flexibility index (Phi) is 5.08. The fourth-order valence-corrected chi connectivity index (χ4v) is 1.19. The highest BCUT2D eigenvalue weighted by atomic mass is 35.5. The van der Waals surface area contributed by atoms with Crippen molar-refractivity contribution in [3.05, 3.63) is 29.3 Å². The van der Waals surface area contributed by atoms with E-state index < -0.39 is 6.10 Å². The van der Waals surface area contributed by atoms with Gasteiger partial charge in [-0.15, -0.1) is 0 Å². The zero-order chi connectivity index (χ0) is 12.0. The number of benzene rings is 1. The summed E-state index contributed by atoms with van der Waals surface area (Å²) in [6.07, 6.45) is 0.109. The number of rotatable bonds is 4. The molecule has 0 aliphatic carbocycles. The largest absolute Gasteiger partial charge is 0.391 e. The first-order valence-corrected chi connectivity index (χ1v) is 5.48. The first-order valence-electron chi connectivity index (χ1n) is 5.10. The highest BCUT2D eigenvalue weighted by molar-refractivity contribution is 6.30. The molecule has 0 spiro atoms. The summed E-state index contributed by atoms with van der Waals surface area (Å²) in [5, 5.41) is 15.1. The van der Waals surface area contributed by atoms with Crippen LogP contribution in [0.4, 0.5) is 10.5 Å². The molecule has 0 aromatic heterocycles. The molecule has 1 rings (SSSR count). The molecule has 0 heterocycles. The molecule has 4 nitrogen and oxygen atoms in total. The van der Waals surface area contributed by atoms with Crippen LogP contribution in [0.15, 0.2) is 24.3 Å². The zero-order valence-corrected chi connectivity index (χ0v) is 9.79. The molecule has 0 saturated heterocycles. The zero-order valence-electron chi connectivity index (χ0n) is 9.03. The number of hydrogen-bond donors (Lipinski definition) is 3. The second-order valence-electron chi connectivity index (χ2n) is 3.40. The molecule has 0 bridgehead atoms. The number of amides is 2. The van der Waals surface area contributed by atoms with Gasteiger partial charge in [0.2, 0.25) is 0 Å². The van der Waals surface area contributed by atoms with E-state index in [1.54, 1.807) is 24.3 Å². The molecule has 0 aliphatic heterocycles. The van der Waals surface area contributed by atoms with Crippen LogP contribution in [-0.2, 0) is 0 Å². The monoisotopic (exact) mass is 242 g/mol. The highest BCUT2D eigenvalue weighted by Gasteiger charge is 2.04. The van der Waals surface area contributed by atoms with E-state index in [2.05, 4.69) is 10.6 Å². The van der Waals surface area contributed by atoms with Crippen LogP contribution in [0.2, 0.25) is 5.02 Å². The molecule has 0 saturated carbocycles. The average molecular weight is 243 g/mol. The summed E-state index contributed by atoms with van der Waals surface area (Å²) in [5.74, 6) is 0. The standard InChI is InChI=1S/C11H15ClN2O2/c1-2-10(15)7-13-11(16)14-9-5-3-8(12)4-6-9/h3-6,10,15H,2,7H2,1H3,(H2,13,14,16). The summed E-state index contributed by atoms with van der Waals surface area (Å²) >= 11 is 5.71. The quantitative estimate of drug-likeness (QED) is 0.758. The molecule has 5 heteroatoms. The van der Waals surface area contributed by atoms with Crippen molar-refractivity contribution in [3.63, 3.8) is 0 Å². The van der Waals surface area contributed by atoms with Gasteiger partial charge in [0.1, 0.15) is 0 Å². The third-order valence-corrected chi connectivity index (χ3v) is 2.32. The molecule has 0 radical (unpaired) electrons. The third kappa shape index (κ3) is 4.51. The van der Waals surface area contributed by atoms with Crippen LogP contribution in [0.5, 0.6) is 0 Å². The molecule has 3 N–H and O–H groups in total. The van der Waals surface area contributed by atoms with Crippen LogP contribution < -0.4 is 10.6 Å². The maximum atomic E-state index is 11.4. The minimum absolute atomic E-state index is 0.246. The molecule has 1 aromatic rings. The lowest BCUT2D eigenvalue weighted by Gasteiger charge is -2.10.